The van der Waals surface area contributed by atoms with Crippen molar-refractivity contribution in [2.24, 2.45) is 5.92 Å². The molecule has 1 N–H and O–H groups in total. The lowest BCUT2D eigenvalue weighted by atomic mass is 9.99. The van der Waals surface area contributed by atoms with Gasteiger partial charge in [0, 0.05) is 19.6 Å². The molecule has 0 unspecified atom stereocenters. The molecule has 3 aromatic rings. The molecule has 0 atom stereocenters. The van der Waals surface area contributed by atoms with Gasteiger partial charge in [-0.1, -0.05) is 19.1 Å². The Morgan fingerprint density at radius 2 is 1.96 bits per heavy atom. The van der Waals surface area contributed by atoms with Crippen molar-refractivity contribution in [2.75, 3.05) is 18.0 Å². The molecule has 1 aliphatic rings. The number of halogens is 1. The zero-order valence-corrected chi connectivity index (χ0v) is 16.9. The molecule has 5 nitrogen and oxygen atoms in total. The van der Waals surface area contributed by atoms with E-state index in [1.54, 1.807) is 18.5 Å². The molecule has 1 aromatic carbocycles. The highest BCUT2D eigenvalue weighted by molar-refractivity contribution is 7.20. The maximum atomic E-state index is 13.0. The van der Waals surface area contributed by atoms with Gasteiger partial charge >= 0.3 is 0 Å². The van der Waals surface area contributed by atoms with Gasteiger partial charge in [0.25, 0.3) is 5.91 Å². The van der Waals surface area contributed by atoms with Crippen molar-refractivity contribution < 1.29 is 9.18 Å². The Hall–Kier alpha value is -2.54. The van der Waals surface area contributed by atoms with Gasteiger partial charge in [0.05, 0.1) is 10.3 Å². The average molecular weight is 399 g/mol. The SMILES string of the molecule is Cc1c(C(=O)NCc2ccc(F)cc2)sc2ncnc(N3CCC(C)CC3)c12. The molecule has 0 spiro atoms. The number of hydrogen-bond donors (Lipinski definition) is 1. The number of anilines is 1. The first kappa shape index (κ1) is 18.8. The highest BCUT2D eigenvalue weighted by Gasteiger charge is 2.24. The van der Waals surface area contributed by atoms with E-state index in [4.69, 9.17) is 0 Å². The fourth-order valence-electron chi connectivity index (χ4n) is 3.59. The van der Waals surface area contributed by atoms with Crippen LogP contribution in [0, 0.1) is 18.7 Å². The number of aryl methyl sites for hydroxylation is 1. The van der Waals surface area contributed by atoms with E-state index in [0.29, 0.717) is 11.4 Å². The first-order chi connectivity index (χ1) is 13.5. The van der Waals surface area contributed by atoms with Crippen LogP contribution in [-0.4, -0.2) is 29.0 Å². The Morgan fingerprint density at radius 3 is 2.68 bits per heavy atom. The van der Waals surface area contributed by atoms with Crippen molar-refractivity contribution in [1.82, 2.24) is 15.3 Å². The molecule has 0 aliphatic carbocycles. The molecule has 3 heterocycles. The normalized spacial score (nSPS) is 15.2. The molecule has 1 amide bonds. The molecule has 4 rings (SSSR count). The van der Waals surface area contributed by atoms with E-state index in [-0.39, 0.29) is 11.7 Å². The number of aromatic nitrogens is 2. The van der Waals surface area contributed by atoms with E-state index in [1.165, 1.54) is 23.5 Å². The van der Waals surface area contributed by atoms with Gasteiger partial charge in [0.15, 0.2) is 0 Å². The first-order valence-electron chi connectivity index (χ1n) is 9.54. The van der Waals surface area contributed by atoms with Crippen LogP contribution in [0.1, 0.15) is 40.6 Å². The quantitative estimate of drug-likeness (QED) is 0.712. The van der Waals surface area contributed by atoms with Crippen molar-refractivity contribution in [2.45, 2.75) is 33.2 Å². The maximum Gasteiger partial charge on any atom is 0.261 e. The lowest BCUT2D eigenvalue weighted by Gasteiger charge is -2.31. The fraction of sp³-hybridized carbons (Fsp3) is 0.381. The summed E-state index contributed by atoms with van der Waals surface area (Å²) in [6.07, 6.45) is 3.89. The molecule has 1 saturated heterocycles. The maximum absolute atomic E-state index is 13.0. The number of thiophene rings is 1. The van der Waals surface area contributed by atoms with Gasteiger partial charge in [0.2, 0.25) is 0 Å². The van der Waals surface area contributed by atoms with Gasteiger partial charge in [0.1, 0.15) is 22.8 Å². The number of amides is 1. The van der Waals surface area contributed by atoms with Crippen molar-refractivity contribution in [1.29, 1.82) is 0 Å². The number of carbonyl (C=O) groups is 1. The Balaban J connectivity index is 1.58. The van der Waals surface area contributed by atoms with Crippen LogP contribution in [0.15, 0.2) is 30.6 Å². The largest absolute Gasteiger partial charge is 0.356 e. The molecule has 0 bridgehead atoms. The van der Waals surface area contributed by atoms with Crippen molar-refractivity contribution in [3.05, 3.63) is 52.4 Å². The Kier molecular flexibility index (Phi) is 5.26. The van der Waals surface area contributed by atoms with E-state index < -0.39 is 0 Å². The Labute approximate surface area is 167 Å². The van der Waals surface area contributed by atoms with Crippen molar-refractivity contribution in [3.63, 3.8) is 0 Å². The van der Waals surface area contributed by atoms with E-state index in [2.05, 4.69) is 27.1 Å². The van der Waals surface area contributed by atoms with Crippen LogP contribution < -0.4 is 10.2 Å². The zero-order valence-electron chi connectivity index (χ0n) is 16.0. The van der Waals surface area contributed by atoms with Crippen molar-refractivity contribution in [3.8, 4) is 0 Å². The third-order valence-electron chi connectivity index (χ3n) is 5.36. The molecule has 1 fully saturated rings. The number of carbonyl (C=O) groups excluding carboxylic acids is 1. The summed E-state index contributed by atoms with van der Waals surface area (Å²) in [5.74, 6) is 1.25. The van der Waals surface area contributed by atoms with Crippen LogP contribution in [0.5, 0.6) is 0 Å². The monoisotopic (exact) mass is 398 g/mol. The molecular weight excluding hydrogens is 375 g/mol. The molecule has 1 aliphatic heterocycles. The third-order valence-corrected chi connectivity index (χ3v) is 6.56. The highest BCUT2D eigenvalue weighted by Crippen LogP contribution is 2.36. The fourth-order valence-corrected chi connectivity index (χ4v) is 4.65. The standard InChI is InChI=1S/C21H23FN4OS/c1-13-7-9-26(10-8-13)19-17-14(2)18(28-21(17)25-12-24-19)20(27)23-11-15-3-5-16(22)6-4-15/h3-6,12-13H,7-11H2,1-2H3,(H,23,27). The van der Waals surface area contributed by atoms with Crippen LogP contribution in [0.25, 0.3) is 10.2 Å². The number of nitrogens with one attached hydrogen (secondary N) is 1. The number of hydrogen-bond acceptors (Lipinski definition) is 5. The van der Waals surface area contributed by atoms with Crippen molar-refractivity contribution >= 4 is 33.3 Å². The van der Waals surface area contributed by atoms with Gasteiger partial charge in [-0.05, 0) is 48.9 Å². The topological polar surface area (TPSA) is 58.1 Å². The third kappa shape index (κ3) is 3.71. The van der Waals surface area contributed by atoms with Gasteiger partial charge in [-0.2, -0.15) is 0 Å². The first-order valence-corrected chi connectivity index (χ1v) is 10.4. The number of benzene rings is 1. The van der Waals surface area contributed by atoms with Crippen LogP contribution in [0.4, 0.5) is 10.2 Å². The summed E-state index contributed by atoms with van der Waals surface area (Å²) in [6, 6.07) is 6.14. The summed E-state index contributed by atoms with van der Waals surface area (Å²) in [5, 5.41) is 3.91. The second-order valence-electron chi connectivity index (χ2n) is 7.41. The summed E-state index contributed by atoms with van der Waals surface area (Å²) in [5.41, 5.74) is 1.78. The predicted octanol–water partition coefficient (Wildman–Crippen LogP) is 4.31. The number of fused-ring (bicyclic) bond motifs is 1. The lowest BCUT2D eigenvalue weighted by molar-refractivity contribution is 0.0954. The minimum absolute atomic E-state index is 0.136. The number of piperidine rings is 1. The predicted molar refractivity (Wildman–Crippen MR) is 110 cm³/mol. The van der Waals surface area contributed by atoms with Crippen LogP contribution in [0.3, 0.4) is 0 Å². The molecule has 7 heteroatoms. The summed E-state index contributed by atoms with van der Waals surface area (Å²) in [7, 11) is 0. The minimum Gasteiger partial charge on any atom is -0.356 e. The second kappa shape index (κ2) is 7.83. The summed E-state index contributed by atoms with van der Waals surface area (Å²) >= 11 is 1.40. The number of rotatable bonds is 4. The molecule has 0 saturated carbocycles. The van der Waals surface area contributed by atoms with Crippen LogP contribution >= 0.6 is 11.3 Å². The van der Waals surface area contributed by atoms with E-state index >= 15 is 0 Å². The van der Waals surface area contributed by atoms with E-state index in [9.17, 15) is 9.18 Å². The van der Waals surface area contributed by atoms with Gasteiger partial charge in [-0.15, -0.1) is 11.3 Å². The molecule has 0 radical (unpaired) electrons. The van der Waals surface area contributed by atoms with E-state index in [1.807, 2.05) is 6.92 Å². The average Bonchev–Trinajstić information content (AvgIpc) is 3.05. The van der Waals surface area contributed by atoms with Gasteiger partial charge in [-0.25, -0.2) is 14.4 Å². The summed E-state index contributed by atoms with van der Waals surface area (Å²) in [4.78, 5) is 25.5. The lowest BCUT2D eigenvalue weighted by Crippen LogP contribution is -2.33. The Morgan fingerprint density at radius 1 is 1.25 bits per heavy atom. The highest BCUT2D eigenvalue weighted by atomic mass is 32.1. The summed E-state index contributed by atoms with van der Waals surface area (Å²) < 4.78 is 13.0. The Bertz CT molecular complexity index is 994. The smallest absolute Gasteiger partial charge is 0.261 e. The molecule has 146 valence electrons. The second-order valence-corrected chi connectivity index (χ2v) is 8.41. The van der Waals surface area contributed by atoms with Crippen LogP contribution in [0.2, 0.25) is 0 Å². The molecular formula is C21H23FN4OS. The zero-order chi connectivity index (χ0) is 19.7. The van der Waals surface area contributed by atoms with Gasteiger partial charge < -0.3 is 10.2 Å². The summed E-state index contributed by atoms with van der Waals surface area (Å²) in [6.45, 7) is 6.57. The minimum atomic E-state index is -0.284. The number of nitrogens with zero attached hydrogens (tertiary/aromatic N) is 3. The van der Waals surface area contributed by atoms with E-state index in [0.717, 1.165) is 59.0 Å². The van der Waals surface area contributed by atoms with Gasteiger partial charge in [-0.3, -0.25) is 4.79 Å². The van der Waals surface area contributed by atoms with Crippen LogP contribution in [-0.2, 0) is 6.54 Å². The molecule has 28 heavy (non-hydrogen) atoms. The molecule has 2 aromatic heterocycles.